The molecule has 1 amide bonds. The van der Waals surface area contributed by atoms with E-state index in [9.17, 15) is 13.2 Å². The van der Waals surface area contributed by atoms with Gasteiger partial charge in [0.05, 0.1) is 28.7 Å². The standard InChI is InChI=1S/C19H26N4O3S/c1-14(15-6-5-9-20-11-15)10-19(24)22-16-12-21-23(13-16)17-7-3-4-8-18(17)27(2,25)26/h3-4,7-8,12-15,20H,5-6,9-11H2,1-2H3,(H,22,24). The molecule has 146 valence electrons. The van der Waals surface area contributed by atoms with Gasteiger partial charge in [-0.15, -0.1) is 0 Å². The van der Waals surface area contributed by atoms with Gasteiger partial charge in [0.15, 0.2) is 9.84 Å². The summed E-state index contributed by atoms with van der Waals surface area (Å²) in [6, 6.07) is 6.66. The van der Waals surface area contributed by atoms with Crippen molar-refractivity contribution in [3.8, 4) is 5.69 Å². The van der Waals surface area contributed by atoms with Crippen molar-refractivity contribution in [3.05, 3.63) is 36.7 Å². The summed E-state index contributed by atoms with van der Waals surface area (Å²) in [6.45, 7) is 4.14. The monoisotopic (exact) mass is 390 g/mol. The number of hydrogen-bond donors (Lipinski definition) is 2. The normalized spacial score (nSPS) is 18.8. The number of piperidine rings is 1. The van der Waals surface area contributed by atoms with E-state index in [-0.39, 0.29) is 10.8 Å². The molecule has 1 fully saturated rings. The Bertz CT molecular complexity index is 901. The van der Waals surface area contributed by atoms with Crippen LogP contribution in [-0.2, 0) is 14.6 Å². The number of rotatable bonds is 6. The molecule has 1 aromatic carbocycles. The van der Waals surface area contributed by atoms with E-state index < -0.39 is 9.84 Å². The van der Waals surface area contributed by atoms with Crippen molar-refractivity contribution in [1.29, 1.82) is 0 Å². The summed E-state index contributed by atoms with van der Waals surface area (Å²) < 4.78 is 25.4. The first-order chi connectivity index (χ1) is 12.8. The number of amides is 1. The predicted octanol–water partition coefficient (Wildman–Crippen LogP) is 2.24. The summed E-state index contributed by atoms with van der Waals surface area (Å²) in [6.07, 6.45) is 7.10. The first kappa shape index (κ1) is 19.6. The van der Waals surface area contributed by atoms with Gasteiger partial charge in [-0.2, -0.15) is 5.10 Å². The van der Waals surface area contributed by atoms with Crippen molar-refractivity contribution < 1.29 is 13.2 Å². The molecule has 1 aliphatic rings. The van der Waals surface area contributed by atoms with Crippen LogP contribution in [0.2, 0.25) is 0 Å². The van der Waals surface area contributed by atoms with Crippen LogP contribution in [-0.4, -0.2) is 43.5 Å². The summed E-state index contributed by atoms with van der Waals surface area (Å²) in [5, 5.41) is 10.5. The van der Waals surface area contributed by atoms with Crippen molar-refractivity contribution in [2.75, 3.05) is 24.7 Å². The molecule has 3 rings (SSSR count). The summed E-state index contributed by atoms with van der Waals surface area (Å²) >= 11 is 0. The number of carbonyl (C=O) groups excluding carboxylic acids is 1. The number of benzene rings is 1. The zero-order valence-electron chi connectivity index (χ0n) is 15.7. The quantitative estimate of drug-likeness (QED) is 0.789. The predicted molar refractivity (Wildman–Crippen MR) is 105 cm³/mol. The van der Waals surface area contributed by atoms with Gasteiger partial charge in [0.2, 0.25) is 5.91 Å². The van der Waals surface area contributed by atoms with Gasteiger partial charge in [0.25, 0.3) is 0 Å². The van der Waals surface area contributed by atoms with Crippen LogP contribution in [0.4, 0.5) is 5.69 Å². The number of nitrogens with zero attached hydrogens (tertiary/aromatic N) is 2. The van der Waals surface area contributed by atoms with Crippen LogP contribution in [0.15, 0.2) is 41.6 Å². The Kier molecular flexibility index (Phi) is 5.96. The van der Waals surface area contributed by atoms with E-state index in [1.807, 2.05) is 0 Å². The summed E-state index contributed by atoms with van der Waals surface area (Å²) in [7, 11) is -3.38. The molecule has 0 aliphatic carbocycles. The van der Waals surface area contributed by atoms with Crippen LogP contribution < -0.4 is 10.6 Å². The van der Waals surface area contributed by atoms with Gasteiger partial charge in [-0.3, -0.25) is 4.79 Å². The van der Waals surface area contributed by atoms with Crippen LogP contribution in [0, 0.1) is 11.8 Å². The topological polar surface area (TPSA) is 93.1 Å². The second-order valence-corrected chi connectivity index (χ2v) is 9.23. The van der Waals surface area contributed by atoms with Crippen LogP contribution >= 0.6 is 0 Å². The lowest BCUT2D eigenvalue weighted by Gasteiger charge is -2.27. The molecule has 8 heteroatoms. The molecule has 1 aromatic heterocycles. The summed E-state index contributed by atoms with van der Waals surface area (Å²) in [4.78, 5) is 12.6. The molecule has 0 radical (unpaired) electrons. The fraction of sp³-hybridized carbons (Fsp3) is 0.474. The molecule has 0 bridgehead atoms. The third-order valence-corrected chi connectivity index (χ3v) is 6.17. The Balaban J connectivity index is 1.67. The molecular formula is C19H26N4O3S. The smallest absolute Gasteiger partial charge is 0.224 e. The molecule has 2 N–H and O–H groups in total. The second-order valence-electron chi connectivity index (χ2n) is 7.25. The lowest BCUT2D eigenvalue weighted by Crippen LogP contribution is -2.34. The number of hydrogen-bond acceptors (Lipinski definition) is 5. The largest absolute Gasteiger partial charge is 0.323 e. The van der Waals surface area contributed by atoms with Gasteiger partial charge >= 0.3 is 0 Å². The number of nitrogens with one attached hydrogen (secondary N) is 2. The number of anilines is 1. The highest BCUT2D eigenvalue weighted by molar-refractivity contribution is 7.90. The van der Waals surface area contributed by atoms with Crippen LogP contribution in [0.3, 0.4) is 0 Å². The number of para-hydroxylation sites is 1. The summed E-state index contributed by atoms with van der Waals surface area (Å²) in [5.74, 6) is 0.775. The third kappa shape index (κ3) is 4.95. The summed E-state index contributed by atoms with van der Waals surface area (Å²) in [5.41, 5.74) is 1.01. The maximum atomic E-state index is 12.4. The molecule has 2 atom stereocenters. The second kappa shape index (κ2) is 8.22. The average Bonchev–Trinajstić information content (AvgIpc) is 3.10. The Morgan fingerprint density at radius 2 is 2.19 bits per heavy atom. The fourth-order valence-corrected chi connectivity index (χ4v) is 4.38. The minimum Gasteiger partial charge on any atom is -0.323 e. The van der Waals surface area contributed by atoms with E-state index in [0.717, 1.165) is 25.9 Å². The number of carbonyl (C=O) groups is 1. The lowest BCUT2D eigenvalue weighted by molar-refractivity contribution is -0.117. The molecule has 0 spiro atoms. The van der Waals surface area contributed by atoms with Crippen molar-refractivity contribution >= 4 is 21.4 Å². The highest BCUT2D eigenvalue weighted by Crippen LogP contribution is 2.24. The van der Waals surface area contributed by atoms with Crippen molar-refractivity contribution in [1.82, 2.24) is 15.1 Å². The van der Waals surface area contributed by atoms with Gasteiger partial charge in [-0.25, -0.2) is 13.1 Å². The SMILES string of the molecule is CC(CC(=O)Nc1cnn(-c2ccccc2S(C)(=O)=O)c1)C1CCCNC1. The first-order valence-electron chi connectivity index (χ1n) is 9.19. The van der Waals surface area contributed by atoms with Gasteiger partial charge in [-0.05, 0) is 49.9 Å². The molecule has 27 heavy (non-hydrogen) atoms. The van der Waals surface area contributed by atoms with Crippen LogP contribution in [0.25, 0.3) is 5.69 Å². The number of aromatic nitrogens is 2. The Morgan fingerprint density at radius 1 is 1.41 bits per heavy atom. The molecule has 2 aromatic rings. The fourth-order valence-electron chi connectivity index (χ4n) is 3.51. The molecule has 2 unspecified atom stereocenters. The third-order valence-electron chi connectivity index (χ3n) is 5.03. The molecule has 7 nitrogen and oxygen atoms in total. The van der Waals surface area contributed by atoms with Crippen molar-refractivity contribution in [2.24, 2.45) is 11.8 Å². The van der Waals surface area contributed by atoms with E-state index >= 15 is 0 Å². The minimum absolute atomic E-state index is 0.0518. The molecule has 2 heterocycles. The zero-order chi connectivity index (χ0) is 19.4. The van der Waals surface area contributed by atoms with E-state index in [2.05, 4.69) is 22.7 Å². The average molecular weight is 391 g/mol. The highest BCUT2D eigenvalue weighted by atomic mass is 32.2. The van der Waals surface area contributed by atoms with Gasteiger partial charge in [0, 0.05) is 12.7 Å². The van der Waals surface area contributed by atoms with E-state index in [4.69, 9.17) is 0 Å². The van der Waals surface area contributed by atoms with Gasteiger partial charge in [-0.1, -0.05) is 19.1 Å². The number of sulfone groups is 1. The van der Waals surface area contributed by atoms with Gasteiger partial charge < -0.3 is 10.6 Å². The molecule has 1 saturated heterocycles. The lowest BCUT2D eigenvalue weighted by atomic mass is 9.85. The highest BCUT2D eigenvalue weighted by Gasteiger charge is 2.22. The van der Waals surface area contributed by atoms with Crippen LogP contribution in [0.1, 0.15) is 26.2 Å². The Labute approximate surface area is 160 Å². The van der Waals surface area contributed by atoms with E-state index in [1.54, 1.807) is 30.5 Å². The van der Waals surface area contributed by atoms with E-state index in [0.29, 0.717) is 29.6 Å². The molecule has 0 saturated carbocycles. The molecular weight excluding hydrogens is 364 g/mol. The van der Waals surface area contributed by atoms with E-state index in [1.165, 1.54) is 17.1 Å². The first-order valence-corrected chi connectivity index (χ1v) is 11.1. The van der Waals surface area contributed by atoms with Crippen LogP contribution in [0.5, 0.6) is 0 Å². The Hall–Kier alpha value is -2.19. The van der Waals surface area contributed by atoms with Crippen molar-refractivity contribution in [3.63, 3.8) is 0 Å². The maximum Gasteiger partial charge on any atom is 0.224 e. The Morgan fingerprint density at radius 3 is 2.89 bits per heavy atom. The zero-order valence-corrected chi connectivity index (χ0v) is 16.5. The minimum atomic E-state index is -3.38. The molecule has 1 aliphatic heterocycles. The maximum absolute atomic E-state index is 12.4. The van der Waals surface area contributed by atoms with Crippen molar-refractivity contribution in [2.45, 2.75) is 31.1 Å². The van der Waals surface area contributed by atoms with Gasteiger partial charge in [0.1, 0.15) is 0 Å².